The molecule has 0 atom stereocenters. The van der Waals surface area contributed by atoms with Crippen LogP contribution in [0, 0.1) is 12.9 Å². The van der Waals surface area contributed by atoms with Crippen LogP contribution in [0.3, 0.4) is 0 Å². The van der Waals surface area contributed by atoms with Gasteiger partial charge in [-0.1, -0.05) is 11.5 Å². The topological polar surface area (TPSA) is 12.9 Å². The summed E-state index contributed by atoms with van der Waals surface area (Å²) in [5, 5.41) is 0. The summed E-state index contributed by atoms with van der Waals surface area (Å²) >= 11 is 0. The van der Waals surface area contributed by atoms with E-state index >= 15 is 0 Å². The van der Waals surface area contributed by atoms with Crippen LogP contribution in [0.25, 0.3) is 0 Å². The van der Waals surface area contributed by atoms with Crippen LogP contribution in [-0.4, -0.2) is 12.8 Å². The molecule has 0 N–H and O–H groups in total. The Labute approximate surface area is 54.3 Å². The predicted octanol–water partition coefficient (Wildman–Crippen LogP) is 0.323. The van der Waals surface area contributed by atoms with Crippen molar-refractivity contribution in [3.05, 3.63) is 23.8 Å². The van der Waals surface area contributed by atoms with Crippen molar-refractivity contribution < 1.29 is 4.39 Å². The van der Waals surface area contributed by atoms with Crippen molar-refractivity contribution >= 4 is 13.3 Å². The third-order valence-electron chi connectivity index (χ3n) is 1.09. The average molecular weight is 121 g/mol. The lowest BCUT2D eigenvalue weighted by Crippen LogP contribution is -2.09. The number of rotatable bonds is 0. The van der Waals surface area contributed by atoms with Crippen molar-refractivity contribution in [2.75, 3.05) is 0 Å². The standard InChI is InChI=1S/C6H5BFN/c1-4-5(7)2-3-6(8)9-4/h2-3H,1H3. The van der Waals surface area contributed by atoms with E-state index in [1.54, 1.807) is 6.92 Å². The Morgan fingerprint density at radius 2 is 2.22 bits per heavy atom. The lowest BCUT2D eigenvalue weighted by molar-refractivity contribution is 0.581. The molecule has 0 aliphatic heterocycles. The third-order valence-corrected chi connectivity index (χ3v) is 1.09. The summed E-state index contributed by atoms with van der Waals surface area (Å²) in [5.74, 6) is -0.485. The summed E-state index contributed by atoms with van der Waals surface area (Å²) in [6, 6.07) is 2.74. The first kappa shape index (κ1) is 6.27. The monoisotopic (exact) mass is 121 g/mol. The molecule has 0 fully saturated rings. The van der Waals surface area contributed by atoms with Crippen LogP contribution >= 0.6 is 0 Å². The van der Waals surface area contributed by atoms with Gasteiger partial charge in [0.15, 0.2) is 0 Å². The highest BCUT2D eigenvalue weighted by Gasteiger charge is 1.93. The van der Waals surface area contributed by atoms with Crippen LogP contribution in [0.4, 0.5) is 4.39 Å². The Kier molecular flexibility index (Phi) is 1.51. The maximum atomic E-state index is 12.2. The molecule has 3 heteroatoms. The molecule has 0 spiro atoms. The second kappa shape index (κ2) is 2.17. The number of hydrogen-bond donors (Lipinski definition) is 0. The molecule has 1 rings (SSSR count). The van der Waals surface area contributed by atoms with Crippen molar-refractivity contribution in [3.8, 4) is 0 Å². The van der Waals surface area contributed by atoms with Gasteiger partial charge in [-0.25, -0.2) is 4.98 Å². The van der Waals surface area contributed by atoms with E-state index in [2.05, 4.69) is 4.98 Å². The molecule has 0 aromatic carbocycles. The van der Waals surface area contributed by atoms with Gasteiger partial charge in [0.25, 0.3) is 0 Å². The molecule has 1 heterocycles. The van der Waals surface area contributed by atoms with Gasteiger partial charge < -0.3 is 0 Å². The molecule has 0 aliphatic carbocycles. The summed E-state index contributed by atoms with van der Waals surface area (Å²) in [6.07, 6.45) is 0. The van der Waals surface area contributed by atoms with E-state index in [0.29, 0.717) is 11.2 Å². The van der Waals surface area contributed by atoms with Crippen LogP contribution in [-0.2, 0) is 0 Å². The zero-order valence-corrected chi connectivity index (χ0v) is 5.06. The molecule has 2 radical (unpaired) electrons. The number of aromatic nitrogens is 1. The van der Waals surface area contributed by atoms with Crippen LogP contribution in [0.2, 0.25) is 0 Å². The Morgan fingerprint density at radius 3 is 2.67 bits per heavy atom. The molecule has 0 unspecified atom stereocenters. The van der Waals surface area contributed by atoms with Gasteiger partial charge in [0.05, 0.1) is 0 Å². The zero-order valence-electron chi connectivity index (χ0n) is 5.06. The number of nitrogens with zero attached hydrogens (tertiary/aromatic N) is 1. The van der Waals surface area contributed by atoms with Gasteiger partial charge in [-0.3, -0.25) is 0 Å². The molecule has 0 saturated carbocycles. The fourth-order valence-corrected chi connectivity index (χ4v) is 0.541. The summed E-state index contributed by atoms with van der Waals surface area (Å²) in [7, 11) is 5.36. The van der Waals surface area contributed by atoms with Crippen molar-refractivity contribution in [2.24, 2.45) is 0 Å². The van der Waals surface area contributed by atoms with E-state index in [1.165, 1.54) is 12.1 Å². The number of aryl methyl sites for hydroxylation is 1. The van der Waals surface area contributed by atoms with Crippen molar-refractivity contribution in [2.45, 2.75) is 6.92 Å². The quantitative estimate of drug-likeness (QED) is 0.355. The van der Waals surface area contributed by atoms with Gasteiger partial charge in [0.1, 0.15) is 7.85 Å². The Morgan fingerprint density at radius 1 is 1.56 bits per heavy atom. The molecule has 9 heavy (non-hydrogen) atoms. The summed E-state index contributed by atoms with van der Waals surface area (Å²) < 4.78 is 12.2. The highest BCUT2D eigenvalue weighted by atomic mass is 19.1. The van der Waals surface area contributed by atoms with Crippen molar-refractivity contribution in [1.29, 1.82) is 0 Å². The average Bonchev–Trinajstić information content (AvgIpc) is 1.80. The maximum Gasteiger partial charge on any atom is 0.212 e. The highest BCUT2D eigenvalue weighted by Crippen LogP contribution is 1.90. The largest absolute Gasteiger partial charge is 0.226 e. The minimum atomic E-state index is -0.485. The molecule has 0 saturated heterocycles. The van der Waals surface area contributed by atoms with E-state index in [-0.39, 0.29) is 0 Å². The zero-order chi connectivity index (χ0) is 6.85. The summed E-state index contributed by atoms with van der Waals surface area (Å²) in [4.78, 5) is 3.48. The summed E-state index contributed by atoms with van der Waals surface area (Å²) in [5.41, 5.74) is 1.06. The fourth-order valence-electron chi connectivity index (χ4n) is 0.541. The molecule has 0 amide bonds. The van der Waals surface area contributed by atoms with Crippen LogP contribution in [0.15, 0.2) is 12.1 Å². The minimum Gasteiger partial charge on any atom is -0.226 e. The maximum absolute atomic E-state index is 12.2. The first-order valence-electron chi connectivity index (χ1n) is 2.59. The lowest BCUT2D eigenvalue weighted by atomic mass is 9.95. The van der Waals surface area contributed by atoms with Crippen molar-refractivity contribution in [1.82, 2.24) is 4.98 Å². The van der Waals surface area contributed by atoms with E-state index < -0.39 is 5.95 Å². The highest BCUT2D eigenvalue weighted by molar-refractivity contribution is 6.32. The van der Waals surface area contributed by atoms with E-state index in [4.69, 9.17) is 7.85 Å². The van der Waals surface area contributed by atoms with E-state index in [1.807, 2.05) is 0 Å². The molecule has 0 bridgehead atoms. The van der Waals surface area contributed by atoms with E-state index in [0.717, 1.165) is 0 Å². The normalized spacial score (nSPS) is 9.56. The molecular weight excluding hydrogens is 116 g/mol. The molecule has 1 aromatic rings. The van der Waals surface area contributed by atoms with Crippen LogP contribution < -0.4 is 5.46 Å². The number of halogens is 1. The first-order chi connectivity index (χ1) is 4.20. The first-order valence-corrected chi connectivity index (χ1v) is 2.59. The molecule has 1 nitrogen and oxygen atoms in total. The van der Waals surface area contributed by atoms with Crippen LogP contribution in [0.5, 0.6) is 0 Å². The van der Waals surface area contributed by atoms with Gasteiger partial charge in [-0.05, 0) is 13.0 Å². The molecule has 0 aliphatic rings. The molecular formula is C6H5BFN. The Hall–Kier alpha value is -0.855. The smallest absolute Gasteiger partial charge is 0.212 e. The number of hydrogen-bond acceptors (Lipinski definition) is 1. The lowest BCUT2D eigenvalue weighted by Gasteiger charge is -1.95. The van der Waals surface area contributed by atoms with Gasteiger partial charge in [-0.15, -0.1) is 0 Å². The Balaban J connectivity index is 3.17. The van der Waals surface area contributed by atoms with Gasteiger partial charge in [0, 0.05) is 5.69 Å². The second-order valence-corrected chi connectivity index (χ2v) is 1.81. The van der Waals surface area contributed by atoms with E-state index in [9.17, 15) is 4.39 Å². The van der Waals surface area contributed by atoms with Crippen LogP contribution in [0.1, 0.15) is 5.69 Å². The molecule has 1 aromatic heterocycles. The fraction of sp³-hybridized carbons (Fsp3) is 0.167. The SMILES string of the molecule is [B]c1ccc(F)nc1C. The Bertz CT molecular complexity index is 224. The molecule has 44 valence electrons. The van der Waals surface area contributed by atoms with Gasteiger partial charge >= 0.3 is 0 Å². The van der Waals surface area contributed by atoms with Gasteiger partial charge in [0.2, 0.25) is 5.95 Å². The number of pyridine rings is 1. The van der Waals surface area contributed by atoms with Crippen molar-refractivity contribution in [3.63, 3.8) is 0 Å². The third kappa shape index (κ3) is 1.28. The predicted molar refractivity (Wildman–Crippen MR) is 34.3 cm³/mol. The summed E-state index contributed by atoms with van der Waals surface area (Å²) in [6.45, 7) is 1.67. The minimum absolute atomic E-state index is 0.485. The second-order valence-electron chi connectivity index (χ2n) is 1.81. The van der Waals surface area contributed by atoms with Gasteiger partial charge in [-0.2, -0.15) is 4.39 Å².